The molecule has 6 aromatic heterocycles. The summed E-state index contributed by atoms with van der Waals surface area (Å²) in [4.78, 5) is 23.1. The first kappa shape index (κ1) is 56.5. The highest BCUT2D eigenvalue weighted by molar-refractivity contribution is 7.02. The predicted octanol–water partition coefficient (Wildman–Crippen LogP) is 16.3. The quantitative estimate of drug-likeness (QED) is 0.154. The number of hydrogen-bond acceptors (Lipinski definition) is 6. The van der Waals surface area contributed by atoms with E-state index in [4.69, 9.17) is 29.4 Å². The molecule has 0 atom stereocenters. The minimum atomic E-state index is -0.307. The van der Waals surface area contributed by atoms with Crippen molar-refractivity contribution in [2.45, 2.75) is 131 Å². The van der Waals surface area contributed by atoms with Gasteiger partial charge in [0.25, 0.3) is 13.4 Å². The fourth-order valence-corrected chi connectivity index (χ4v) is 15.2. The molecule has 0 aliphatic carbocycles. The third kappa shape index (κ3) is 8.37. The zero-order valence-corrected chi connectivity index (χ0v) is 55.2. The molecule has 0 bridgehead atoms. The Morgan fingerprint density at radius 3 is 0.967 bits per heavy atom. The number of fused-ring (bicyclic) bond motifs is 16. The van der Waals surface area contributed by atoms with Crippen molar-refractivity contribution in [3.05, 3.63) is 203 Å². The van der Waals surface area contributed by atoms with E-state index in [1.807, 2.05) is 0 Å². The molecule has 0 unspecified atom stereocenters. The van der Waals surface area contributed by atoms with Crippen LogP contribution in [0, 0.1) is 0 Å². The number of aromatic nitrogens is 6. The summed E-state index contributed by atoms with van der Waals surface area (Å²) >= 11 is 0. The summed E-state index contributed by atoms with van der Waals surface area (Å²) in [5, 5.41) is 0. The fourth-order valence-electron chi connectivity index (χ4n) is 15.2. The highest BCUT2D eigenvalue weighted by atomic mass is 16.5. The zero-order chi connectivity index (χ0) is 63.4. The van der Waals surface area contributed by atoms with E-state index < -0.39 is 0 Å². The summed E-state index contributed by atoms with van der Waals surface area (Å²) in [5.74, 6) is 3.26. The highest BCUT2D eigenvalue weighted by Gasteiger charge is 2.51. The second-order valence-electron chi connectivity index (χ2n) is 30.4. The maximum absolute atomic E-state index is 7.86. The van der Waals surface area contributed by atoms with Crippen molar-refractivity contribution in [3.8, 4) is 79.4 Å². The van der Waals surface area contributed by atoms with Crippen molar-refractivity contribution in [1.29, 1.82) is 0 Å². The number of aryl methyl sites for hydroxylation is 2. The van der Waals surface area contributed by atoms with Crippen LogP contribution in [0.1, 0.15) is 130 Å². The van der Waals surface area contributed by atoms with Gasteiger partial charge in [-0.15, -0.1) is 0 Å². The van der Waals surface area contributed by atoms with Crippen LogP contribution in [0.5, 0.6) is 23.0 Å². The fraction of sp³-hybridized carbons (Fsp3) is 0.244. The minimum absolute atomic E-state index is 0.00629. The van der Waals surface area contributed by atoms with E-state index in [2.05, 4.69) is 276 Å². The molecule has 0 spiro atoms. The Hall–Kier alpha value is -9.53. The summed E-state index contributed by atoms with van der Waals surface area (Å²) in [5.41, 5.74) is 31.1. The van der Waals surface area contributed by atoms with E-state index in [0.717, 1.165) is 169 Å². The molecule has 450 valence electrons. The summed E-state index contributed by atoms with van der Waals surface area (Å²) in [6, 6.07) is 63.3. The smallest absolute Gasteiger partial charge is 0.256 e. The van der Waals surface area contributed by atoms with Crippen molar-refractivity contribution in [2.24, 2.45) is 0 Å². The zero-order valence-electron chi connectivity index (χ0n) is 55.2. The normalized spacial score (nSPS) is 13.8. The van der Waals surface area contributed by atoms with Crippen molar-refractivity contribution in [3.63, 3.8) is 0 Å². The second kappa shape index (κ2) is 19.5. The first-order chi connectivity index (χ1) is 44.0. The van der Waals surface area contributed by atoms with E-state index in [1.54, 1.807) is 0 Å². The molecule has 0 radical (unpaired) electrons. The van der Waals surface area contributed by atoms with E-state index in [-0.39, 0.29) is 35.1 Å². The number of hydrogen-bond donors (Lipinski definition) is 0. The molecule has 8 nitrogen and oxygen atoms in total. The summed E-state index contributed by atoms with van der Waals surface area (Å²) in [7, 11) is 0. The van der Waals surface area contributed by atoms with E-state index in [0.29, 0.717) is 0 Å². The first-order valence-corrected chi connectivity index (χ1v) is 33.0. The number of nitrogens with zero attached hydrogens (tertiary/aromatic N) is 6. The van der Waals surface area contributed by atoms with Crippen LogP contribution in [0.15, 0.2) is 170 Å². The molecule has 0 N–H and O–H groups in total. The molecule has 17 rings (SSSR count). The van der Waals surface area contributed by atoms with Gasteiger partial charge in [0.05, 0.1) is 56.2 Å². The van der Waals surface area contributed by atoms with Crippen LogP contribution >= 0.6 is 0 Å². The lowest BCUT2D eigenvalue weighted by molar-refractivity contribution is 0.472. The molecule has 7 aromatic carbocycles. The maximum Gasteiger partial charge on any atom is 0.256 e. The van der Waals surface area contributed by atoms with Gasteiger partial charge in [0.2, 0.25) is 0 Å². The molecule has 0 saturated heterocycles. The largest absolute Gasteiger partial charge is 0.456 e. The van der Waals surface area contributed by atoms with Gasteiger partial charge in [0, 0.05) is 33.2 Å². The lowest BCUT2D eigenvalue weighted by Crippen LogP contribution is -2.63. The van der Waals surface area contributed by atoms with Crippen molar-refractivity contribution < 1.29 is 9.47 Å². The summed E-state index contributed by atoms with van der Waals surface area (Å²) in [6.45, 7) is 31.1. The topological polar surface area (TPSA) is 79.9 Å². The van der Waals surface area contributed by atoms with E-state index >= 15 is 0 Å². The molecule has 92 heavy (non-hydrogen) atoms. The Morgan fingerprint density at radius 1 is 0.337 bits per heavy atom. The molecular formula is C82H74B2N6O2. The maximum atomic E-state index is 7.86. The van der Waals surface area contributed by atoms with Gasteiger partial charge in [0.15, 0.2) is 0 Å². The average Bonchev–Trinajstić information content (AvgIpc) is 1.29. The monoisotopic (exact) mass is 1200 g/mol. The Bertz CT molecular complexity index is 4990. The van der Waals surface area contributed by atoms with Crippen LogP contribution in [0.25, 0.3) is 101 Å². The Labute approximate surface area is 539 Å². The lowest BCUT2D eigenvalue weighted by Gasteiger charge is -2.41. The Kier molecular flexibility index (Phi) is 12.0. The van der Waals surface area contributed by atoms with Gasteiger partial charge >= 0.3 is 0 Å². The van der Waals surface area contributed by atoms with Gasteiger partial charge in [-0.2, -0.15) is 0 Å². The lowest BCUT2D eigenvalue weighted by atomic mass is 9.31. The SMILES string of the molecule is CCc1ccc2c(c1)B1c3c(c4c5c(c3-n3c6ccc(-c7ccc(C(C)(C)C)cc7)nc6c6nc(-c7ccc(C(C)(C)C)cc7)cc1c63)Oc1ccc(CC)cc1B5c1cc(-c3ccc(C(C)(C)C)cc3)nc3c5nc(-c6ccc(C(C)(C)C)cc6)ccc5n-4c13)O2. The van der Waals surface area contributed by atoms with Gasteiger partial charge in [-0.25, -0.2) is 19.9 Å². The van der Waals surface area contributed by atoms with Crippen molar-refractivity contribution >= 4 is 90.3 Å². The molecule has 13 aromatic rings. The van der Waals surface area contributed by atoms with Gasteiger partial charge in [0.1, 0.15) is 45.1 Å². The molecule has 0 saturated carbocycles. The number of benzene rings is 7. The highest BCUT2D eigenvalue weighted by Crippen LogP contribution is 2.49. The minimum Gasteiger partial charge on any atom is -0.456 e. The van der Waals surface area contributed by atoms with E-state index in [9.17, 15) is 0 Å². The first-order valence-electron chi connectivity index (χ1n) is 33.0. The Balaban J connectivity index is 1.02. The summed E-state index contributed by atoms with van der Waals surface area (Å²) in [6.07, 6.45) is 1.74. The molecule has 10 heteroatoms. The van der Waals surface area contributed by atoms with Gasteiger partial charge in [-0.3, -0.25) is 0 Å². The number of pyridine rings is 4. The van der Waals surface area contributed by atoms with Crippen LogP contribution < -0.4 is 42.3 Å². The third-order valence-electron chi connectivity index (χ3n) is 20.4. The second-order valence-corrected chi connectivity index (χ2v) is 30.4. The molecule has 4 aliphatic rings. The van der Waals surface area contributed by atoms with Crippen molar-refractivity contribution in [2.75, 3.05) is 0 Å². The molecule has 0 amide bonds. The standard InChI is InChI=1S/C82H74B2N6O2/c1-15-45-17-39-65-55(41-45)83-57-43-61(49-23-31-53(32-24-49)81(9,10)11)87-71-69-63(37-35-59(85-69)47-19-27-51(28-20-47)79(3,4)5)89(73(57)71)75-67(83)77(91-65)76-68-78(75)92-66-40-18-46(16-2)42-56(66)84(68)58-44-62(50-25-33-54(34-26-50)82(12,13)14)88-72-70-64(90(76)74(58)72)38-36-60(86-70)48-21-29-52(30-22-48)80(6,7)8/h17-44H,15-16H2,1-14H3. The molecular weight excluding hydrogens is 1120 g/mol. The van der Waals surface area contributed by atoms with Crippen LogP contribution in [-0.4, -0.2) is 42.5 Å². The Morgan fingerprint density at radius 2 is 0.652 bits per heavy atom. The summed E-state index contributed by atoms with van der Waals surface area (Å²) < 4.78 is 20.6. The molecule has 0 fully saturated rings. The average molecular weight is 1200 g/mol. The van der Waals surface area contributed by atoms with Crippen LogP contribution in [-0.2, 0) is 34.5 Å². The predicted molar refractivity (Wildman–Crippen MR) is 384 cm³/mol. The van der Waals surface area contributed by atoms with Gasteiger partial charge in [-0.1, -0.05) is 218 Å². The van der Waals surface area contributed by atoms with Gasteiger partial charge in [-0.05, 0) is 138 Å². The number of ether oxygens (including phenoxy) is 2. The third-order valence-corrected chi connectivity index (χ3v) is 20.4. The van der Waals surface area contributed by atoms with Crippen LogP contribution in [0.3, 0.4) is 0 Å². The van der Waals surface area contributed by atoms with Crippen LogP contribution in [0.4, 0.5) is 0 Å². The molecule has 4 aliphatic heterocycles. The van der Waals surface area contributed by atoms with Crippen molar-refractivity contribution in [1.82, 2.24) is 29.1 Å². The van der Waals surface area contributed by atoms with E-state index in [1.165, 1.54) is 33.4 Å². The van der Waals surface area contributed by atoms with Gasteiger partial charge < -0.3 is 18.6 Å². The molecule has 10 heterocycles. The van der Waals surface area contributed by atoms with Crippen LogP contribution in [0.2, 0.25) is 0 Å². The number of rotatable bonds is 6.